The highest BCUT2D eigenvalue weighted by molar-refractivity contribution is 5.95. The fourth-order valence-electron chi connectivity index (χ4n) is 3.46. The van der Waals surface area contributed by atoms with Gasteiger partial charge in [0, 0.05) is 11.5 Å². The number of hydrogen-bond acceptors (Lipinski definition) is 2. The second kappa shape index (κ2) is 5.39. The molecule has 3 aromatic rings. The zero-order valence-electron chi connectivity index (χ0n) is 12.5. The summed E-state index contributed by atoms with van der Waals surface area (Å²) in [5.41, 5.74) is 5.29. The molecule has 4 heteroatoms. The first-order valence-corrected chi connectivity index (χ1v) is 7.68. The molecule has 0 aliphatic heterocycles. The molecule has 0 fully saturated rings. The Morgan fingerprint density at radius 1 is 1.00 bits per heavy atom. The van der Waals surface area contributed by atoms with Gasteiger partial charge in [-0.3, -0.25) is 5.10 Å². The molecule has 1 aliphatic carbocycles. The summed E-state index contributed by atoms with van der Waals surface area (Å²) in [5, 5.41) is 16.6. The number of aromatic nitrogens is 2. The molecule has 0 unspecified atom stereocenters. The highest BCUT2D eigenvalue weighted by Crippen LogP contribution is 2.38. The molecule has 0 spiro atoms. The van der Waals surface area contributed by atoms with E-state index < -0.39 is 5.97 Å². The molecular formula is C19H16N2O2. The standard InChI is InChI=1S/C19H16N2O2/c22-19(23)18-16(12-6-2-1-3-7-12)17(20-21-18)15-10-13-8-4-5-9-14(13)11-15/h1-9,15H,10-11H2,(H,20,21)(H,22,23). The van der Waals surface area contributed by atoms with Gasteiger partial charge in [0.15, 0.2) is 5.69 Å². The number of benzene rings is 2. The van der Waals surface area contributed by atoms with Gasteiger partial charge in [0.2, 0.25) is 0 Å². The Morgan fingerprint density at radius 3 is 2.22 bits per heavy atom. The molecule has 0 bridgehead atoms. The second-order valence-electron chi connectivity index (χ2n) is 5.90. The number of aromatic carboxylic acids is 1. The monoisotopic (exact) mass is 304 g/mol. The molecule has 0 saturated heterocycles. The third-order valence-corrected chi connectivity index (χ3v) is 4.51. The van der Waals surface area contributed by atoms with Crippen molar-refractivity contribution < 1.29 is 9.90 Å². The molecule has 1 aromatic heterocycles. The van der Waals surface area contributed by atoms with Crippen LogP contribution in [-0.4, -0.2) is 21.3 Å². The van der Waals surface area contributed by atoms with Crippen molar-refractivity contribution in [3.63, 3.8) is 0 Å². The number of carbonyl (C=O) groups is 1. The van der Waals surface area contributed by atoms with Crippen molar-refractivity contribution in [2.75, 3.05) is 0 Å². The molecule has 2 N–H and O–H groups in total. The predicted octanol–water partition coefficient (Wildman–Crippen LogP) is 3.66. The van der Waals surface area contributed by atoms with Gasteiger partial charge in [-0.25, -0.2) is 4.79 Å². The molecular weight excluding hydrogens is 288 g/mol. The van der Waals surface area contributed by atoms with E-state index in [9.17, 15) is 9.90 Å². The summed E-state index contributed by atoms with van der Waals surface area (Å²) in [7, 11) is 0. The molecule has 23 heavy (non-hydrogen) atoms. The molecule has 0 saturated carbocycles. The minimum atomic E-state index is -0.974. The number of nitrogens with zero attached hydrogens (tertiary/aromatic N) is 1. The first-order valence-electron chi connectivity index (χ1n) is 7.68. The lowest BCUT2D eigenvalue weighted by atomic mass is 9.93. The van der Waals surface area contributed by atoms with E-state index in [-0.39, 0.29) is 11.6 Å². The van der Waals surface area contributed by atoms with Crippen molar-refractivity contribution >= 4 is 5.97 Å². The van der Waals surface area contributed by atoms with Gasteiger partial charge in [-0.1, -0.05) is 54.6 Å². The summed E-state index contributed by atoms with van der Waals surface area (Å²) in [6.07, 6.45) is 1.81. The van der Waals surface area contributed by atoms with Gasteiger partial charge in [0.25, 0.3) is 0 Å². The van der Waals surface area contributed by atoms with Crippen molar-refractivity contribution in [2.45, 2.75) is 18.8 Å². The highest BCUT2D eigenvalue weighted by Gasteiger charge is 2.30. The average molecular weight is 304 g/mol. The van der Waals surface area contributed by atoms with Gasteiger partial charge in [-0.05, 0) is 29.5 Å². The van der Waals surface area contributed by atoms with Gasteiger partial charge in [-0.15, -0.1) is 0 Å². The van der Waals surface area contributed by atoms with Crippen LogP contribution in [0.15, 0.2) is 54.6 Å². The van der Waals surface area contributed by atoms with Crippen molar-refractivity contribution in [1.29, 1.82) is 0 Å². The Kier molecular flexibility index (Phi) is 3.23. The van der Waals surface area contributed by atoms with Crippen molar-refractivity contribution in [3.05, 3.63) is 77.1 Å². The number of rotatable bonds is 3. The predicted molar refractivity (Wildman–Crippen MR) is 87.6 cm³/mol. The number of hydrogen-bond donors (Lipinski definition) is 2. The van der Waals surface area contributed by atoms with Crippen LogP contribution >= 0.6 is 0 Å². The summed E-state index contributed by atoms with van der Waals surface area (Å²) in [5.74, 6) is -0.759. The van der Waals surface area contributed by atoms with E-state index in [0.717, 1.165) is 29.7 Å². The Bertz CT molecular complexity index is 843. The van der Waals surface area contributed by atoms with Gasteiger partial charge < -0.3 is 5.11 Å². The van der Waals surface area contributed by atoms with E-state index in [0.29, 0.717) is 0 Å². The maximum atomic E-state index is 11.6. The van der Waals surface area contributed by atoms with Gasteiger partial charge in [-0.2, -0.15) is 5.10 Å². The van der Waals surface area contributed by atoms with E-state index in [1.165, 1.54) is 11.1 Å². The Morgan fingerprint density at radius 2 is 1.61 bits per heavy atom. The highest BCUT2D eigenvalue weighted by atomic mass is 16.4. The summed E-state index contributed by atoms with van der Waals surface area (Å²) >= 11 is 0. The summed E-state index contributed by atoms with van der Waals surface area (Å²) in [4.78, 5) is 11.6. The molecule has 4 rings (SSSR count). The van der Waals surface area contributed by atoms with Gasteiger partial charge >= 0.3 is 5.97 Å². The SMILES string of the molecule is O=C(O)c1[nH]nc(C2Cc3ccccc3C2)c1-c1ccccc1. The molecule has 0 radical (unpaired) electrons. The normalized spacial score (nSPS) is 13.9. The molecule has 0 atom stereocenters. The average Bonchev–Trinajstić information content (AvgIpc) is 3.19. The van der Waals surface area contributed by atoms with Crippen LogP contribution in [0, 0.1) is 0 Å². The van der Waals surface area contributed by atoms with Crippen LogP contribution in [-0.2, 0) is 12.8 Å². The zero-order valence-corrected chi connectivity index (χ0v) is 12.5. The van der Waals surface area contributed by atoms with E-state index in [2.05, 4.69) is 22.3 Å². The Hall–Kier alpha value is -2.88. The first kappa shape index (κ1) is 13.8. The van der Waals surface area contributed by atoms with Crippen molar-refractivity contribution in [1.82, 2.24) is 10.2 Å². The molecule has 2 aromatic carbocycles. The largest absolute Gasteiger partial charge is 0.477 e. The minimum absolute atomic E-state index is 0.169. The molecule has 1 aliphatic rings. The van der Waals surface area contributed by atoms with E-state index in [1.807, 2.05) is 42.5 Å². The fourth-order valence-corrected chi connectivity index (χ4v) is 3.46. The maximum absolute atomic E-state index is 11.6. The Labute approximate surface area is 133 Å². The third-order valence-electron chi connectivity index (χ3n) is 4.51. The van der Waals surface area contributed by atoms with E-state index in [1.54, 1.807) is 0 Å². The van der Waals surface area contributed by atoms with Crippen LogP contribution < -0.4 is 0 Å². The van der Waals surface area contributed by atoms with Crippen LogP contribution in [0.25, 0.3) is 11.1 Å². The number of fused-ring (bicyclic) bond motifs is 1. The second-order valence-corrected chi connectivity index (χ2v) is 5.90. The van der Waals surface area contributed by atoms with Crippen molar-refractivity contribution in [2.24, 2.45) is 0 Å². The van der Waals surface area contributed by atoms with Crippen LogP contribution in [0.3, 0.4) is 0 Å². The van der Waals surface area contributed by atoms with Gasteiger partial charge in [0.1, 0.15) is 0 Å². The third kappa shape index (κ3) is 2.32. The van der Waals surface area contributed by atoms with E-state index >= 15 is 0 Å². The fraction of sp³-hybridized carbons (Fsp3) is 0.158. The number of carboxylic acids is 1. The van der Waals surface area contributed by atoms with Crippen LogP contribution in [0.4, 0.5) is 0 Å². The molecule has 0 amide bonds. The number of H-pyrrole nitrogens is 1. The molecule has 4 nitrogen and oxygen atoms in total. The van der Waals surface area contributed by atoms with Crippen LogP contribution in [0.5, 0.6) is 0 Å². The van der Waals surface area contributed by atoms with E-state index in [4.69, 9.17) is 0 Å². The lowest BCUT2D eigenvalue weighted by Crippen LogP contribution is -2.03. The summed E-state index contributed by atoms with van der Waals surface area (Å²) in [6.45, 7) is 0. The topological polar surface area (TPSA) is 66.0 Å². The minimum Gasteiger partial charge on any atom is -0.477 e. The van der Waals surface area contributed by atoms with Gasteiger partial charge in [0.05, 0.1) is 5.69 Å². The van der Waals surface area contributed by atoms with Crippen LogP contribution in [0.1, 0.15) is 33.2 Å². The van der Waals surface area contributed by atoms with Crippen molar-refractivity contribution in [3.8, 4) is 11.1 Å². The summed E-state index contributed by atoms with van der Waals surface area (Å²) < 4.78 is 0. The Balaban J connectivity index is 1.80. The smallest absolute Gasteiger partial charge is 0.354 e. The number of aromatic amines is 1. The van der Waals surface area contributed by atoms with Crippen LogP contribution in [0.2, 0.25) is 0 Å². The molecule has 1 heterocycles. The summed E-state index contributed by atoms with van der Waals surface area (Å²) in [6, 6.07) is 18.0. The lowest BCUT2D eigenvalue weighted by molar-refractivity contribution is 0.0691. The number of nitrogens with one attached hydrogen (secondary N) is 1. The number of carboxylic acid groups (broad SMARTS) is 1. The zero-order chi connectivity index (χ0) is 15.8. The lowest BCUT2D eigenvalue weighted by Gasteiger charge is -2.10. The molecule has 114 valence electrons. The first-order chi connectivity index (χ1) is 11.2. The maximum Gasteiger partial charge on any atom is 0.354 e. The quantitative estimate of drug-likeness (QED) is 0.776.